The van der Waals surface area contributed by atoms with E-state index < -0.39 is 0 Å². The minimum Gasteiger partial charge on any atom is -0.466 e. The van der Waals surface area contributed by atoms with E-state index in [9.17, 15) is 0 Å². The van der Waals surface area contributed by atoms with Crippen LogP contribution in [0.1, 0.15) is 29.5 Å². The monoisotopic (exact) mass is 313 g/mol. The molecule has 0 saturated heterocycles. The number of hydrogen-bond acceptors (Lipinski definition) is 3. The average Bonchev–Trinajstić information content (AvgIpc) is 2.96. The molecular weight excluding hydrogens is 298 g/mol. The SMILES string of the molecule is CNC(CCCc1cccs1)c1occc1Br. The van der Waals surface area contributed by atoms with E-state index in [0.717, 1.165) is 23.1 Å². The van der Waals surface area contributed by atoms with Gasteiger partial charge in [-0.15, -0.1) is 11.3 Å². The molecule has 0 aliphatic carbocycles. The van der Waals surface area contributed by atoms with Crippen LogP contribution in [0.25, 0.3) is 0 Å². The first-order valence-electron chi connectivity index (χ1n) is 5.74. The Bertz CT molecular complexity index is 438. The summed E-state index contributed by atoms with van der Waals surface area (Å²) in [6.07, 6.45) is 5.12. The maximum absolute atomic E-state index is 5.50. The maximum Gasteiger partial charge on any atom is 0.134 e. The highest BCUT2D eigenvalue weighted by atomic mass is 79.9. The van der Waals surface area contributed by atoms with Crippen LogP contribution in [0.4, 0.5) is 0 Å². The maximum atomic E-state index is 5.50. The van der Waals surface area contributed by atoms with Crippen LogP contribution in [-0.4, -0.2) is 7.05 Å². The lowest BCUT2D eigenvalue weighted by Gasteiger charge is -2.13. The zero-order chi connectivity index (χ0) is 12.1. The summed E-state index contributed by atoms with van der Waals surface area (Å²) in [5.74, 6) is 0.999. The molecule has 0 spiro atoms. The number of halogens is 1. The Kier molecular flexibility index (Phi) is 4.83. The number of rotatable bonds is 6. The molecule has 2 rings (SSSR count). The molecule has 2 aromatic heterocycles. The van der Waals surface area contributed by atoms with Crippen LogP contribution >= 0.6 is 27.3 Å². The van der Waals surface area contributed by atoms with Gasteiger partial charge in [-0.2, -0.15) is 0 Å². The van der Waals surface area contributed by atoms with Gasteiger partial charge in [0.05, 0.1) is 16.8 Å². The Morgan fingerprint density at radius 1 is 1.47 bits per heavy atom. The van der Waals surface area contributed by atoms with Gasteiger partial charge in [-0.25, -0.2) is 0 Å². The second-order valence-corrected chi connectivity index (χ2v) is 5.83. The Labute approximate surface area is 114 Å². The summed E-state index contributed by atoms with van der Waals surface area (Å²) in [6.45, 7) is 0. The van der Waals surface area contributed by atoms with Gasteiger partial charge in [0.15, 0.2) is 0 Å². The summed E-state index contributed by atoms with van der Waals surface area (Å²) in [4.78, 5) is 1.46. The Balaban J connectivity index is 1.86. The first-order valence-corrected chi connectivity index (χ1v) is 7.41. The average molecular weight is 314 g/mol. The Hall–Kier alpha value is -0.580. The van der Waals surface area contributed by atoms with Crippen LogP contribution < -0.4 is 5.32 Å². The molecule has 1 atom stereocenters. The highest BCUT2D eigenvalue weighted by molar-refractivity contribution is 9.10. The number of aryl methyl sites for hydroxylation is 1. The molecule has 0 bridgehead atoms. The Morgan fingerprint density at radius 3 is 2.94 bits per heavy atom. The lowest BCUT2D eigenvalue weighted by atomic mass is 10.1. The van der Waals surface area contributed by atoms with E-state index in [4.69, 9.17) is 4.42 Å². The van der Waals surface area contributed by atoms with Gasteiger partial charge >= 0.3 is 0 Å². The predicted molar refractivity (Wildman–Crippen MR) is 75.5 cm³/mol. The van der Waals surface area contributed by atoms with Gasteiger partial charge in [-0.3, -0.25) is 0 Å². The molecule has 2 aromatic rings. The summed E-state index contributed by atoms with van der Waals surface area (Å²) in [5.41, 5.74) is 0. The first-order chi connectivity index (χ1) is 8.31. The van der Waals surface area contributed by atoms with Crippen molar-refractivity contribution >= 4 is 27.3 Å². The highest BCUT2D eigenvalue weighted by Gasteiger charge is 2.15. The van der Waals surface area contributed by atoms with Crippen molar-refractivity contribution in [3.63, 3.8) is 0 Å². The van der Waals surface area contributed by atoms with Gasteiger partial charge in [0.1, 0.15) is 5.76 Å². The van der Waals surface area contributed by atoms with E-state index in [2.05, 4.69) is 38.8 Å². The number of thiophene rings is 1. The zero-order valence-electron chi connectivity index (χ0n) is 9.78. The van der Waals surface area contributed by atoms with Gasteiger partial charge in [0.2, 0.25) is 0 Å². The molecule has 0 aliphatic rings. The van der Waals surface area contributed by atoms with Gasteiger partial charge in [-0.1, -0.05) is 6.07 Å². The largest absolute Gasteiger partial charge is 0.466 e. The lowest BCUT2D eigenvalue weighted by molar-refractivity contribution is 0.406. The Morgan fingerprint density at radius 2 is 2.35 bits per heavy atom. The van der Waals surface area contributed by atoms with Crippen molar-refractivity contribution in [2.45, 2.75) is 25.3 Å². The van der Waals surface area contributed by atoms with Gasteiger partial charge in [0.25, 0.3) is 0 Å². The van der Waals surface area contributed by atoms with Crippen molar-refractivity contribution in [3.8, 4) is 0 Å². The minimum atomic E-state index is 0.291. The molecule has 4 heteroatoms. The minimum absolute atomic E-state index is 0.291. The number of furan rings is 1. The summed E-state index contributed by atoms with van der Waals surface area (Å²) in [6, 6.07) is 6.54. The second kappa shape index (κ2) is 6.38. The third-order valence-electron chi connectivity index (χ3n) is 2.81. The molecule has 1 N–H and O–H groups in total. The van der Waals surface area contributed by atoms with Crippen molar-refractivity contribution in [2.75, 3.05) is 7.05 Å². The lowest BCUT2D eigenvalue weighted by Crippen LogP contribution is -2.16. The fourth-order valence-electron chi connectivity index (χ4n) is 1.90. The normalized spacial score (nSPS) is 12.8. The molecule has 92 valence electrons. The summed E-state index contributed by atoms with van der Waals surface area (Å²) in [7, 11) is 1.98. The number of nitrogens with one attached hydrogen (secondary N) is 1. The van der Waals surface area contributed by atoms with Gasteiger partial charge in [0, 0.05) is 4.88 Å². The summed E-state index contributed by atoms with van der Waals surface area (Å²) >= 11 is 5.34. The molecule has 0 amide bonds. The first kappa shape index (κ1) is 12.9. The van der Waals surface area contributed by atoms with E-state index in [1.165, 1.54) is 11.3 Å². The molecule has 0 fully saturated rings. The van der Waals surface area contributed by atoms with Crippen LogP contribution in [0.2, 0.25) is 0 Å². The van der Waals surface area contributed by atoms with Crippen molar-refractivity contribution < 1.29 is 4.42 Å². The molecular formula is C13H16BrNOS. The highest BCUT2D eigenvalue weighted by Crippen LogP contribution is 2.28. The van der Waals surface area contributed by atoms with Crippen molar-refractivity contribution in [1.29, 1.82) is 0 Å². The summed E-state index contributed by atoms with van der Waals surface area (Å²) < 4.78 is 6.55. The van der Waals surface area contributed by atoms with Gasteiger partial charge < -0.3 is 9.73 Å². The molecule has 0 aromatic carbocycles. The quantitative estimate of drug-likeness (QED) is 0.855. The molecule has 2 nitrogen and oxygen atoms in total. The van der Waals surface area contributed by atoms with E-state index in [1.54, 1.807) is 6.26 Å². The third-order valence-corrected chi connectivity index (χ3v) is 4.40. The van der Waals surface area contributed by atoms with Crippen molar-refractivity contribution in [2.24, 2.45) is 0 Å². The van der Waals surface area contributed by atoms with E-state index in [0.29, 0.717) is 6.04 Å². The summed E-state index contributed by atoms with van der Waals surface area (Å²) in [5, 5.41) is 5.44. The zero-order valence-corrected chi connectivity index (χ0v) is 12.2. The van der Waals surface area contributed by atoms with Crippen molar-refractivity contribution in [3.05, 3.63) is 45.0 Å². The van der Waals surface area contributed by atoms with Gasteiger partial charge in [-0.05, 0) is 59.8 Å². The molecule has 0 saturated carbocycles. The van der Waals surface area contributed by atoms with Crippen molar-refractivity contribution in [1.82, 2.24) is 5.32 Å². The van der Waals surface area contributed by atoms with Crippen LogP contribution in [-0.2, 0) is 6.42 Å². The fourth-order valence-corrected chi connectivity index (χ4v) is 3.12. The molecule has 2 heterocycles. The molecule has 0 aliphatic heterocycles. The third kappa shape index (κ3) is 3.44. The van der Waals surface area contributed by atoms with Crippen LogP contribution in [0.3, 0.4) is 0 Å². The smallest absolute Gasteiger partial charge is 0.134 e. The molecule has 17 heavy (non-hydrogen) atoms. The van der Waals surface area contributed by atoms with E-state index in [-0.39, 0.29) is 0 Å². The second-order valence-electron chi connectivity index (χ2n) is 3.95. The van der Waals surface area contributed by atoms with E-state index >= 15 is 0 Å². The fraction of sp³-hybridized carbons (Fsp3) is 0.385. The number of hydrogen-bond donors (Lipinski definition) is 1. The van der Waals surface area contributed by atoms with E-state index in [1.807, 2.05) is 24.5 Å². The standard InChI is InChI=1S/C13H16BrNOS/c1-15-12(13-11(14)7-8-16-13)6-2-4-10-5-3-9-17-10/h3,5,7-9,12,15H,2,4,6H2,1H3. The van der Waals surface area contributed by atoms with Crippen LogP contribution in [0.15, 0.2) is 38.7 Å². The van der Waals surface area contributed by atoms with Crippen LogP contribution in [0, 0.1) is 0 Å². The van der Waals surface area contributed by atoms with Crippen LogP contribution in [0.5, 0.6) is 0 Å². The molecule has 0 radical (unpaired) electrons. The topological polar surface area (TPSA) is 25.2 Å². The predicted octanol–water partition coefficient (Wildman–Crippen LogP) is 4.39. The molecule has 1 unspecified atom stereocenters.